The Hall–Kier alpha value is -2.11. The molecule has 0 amide bonds. The van der Waals surface area contributed by atoms with E-state index in [-0.39, 0.29) is 0 Å². The Labute approximate surface area is 131 Å². The molecular formula is C14H11Cl2N5. The van der Waals surface area contributed by atoms with Crippen molar-refractivity contribution >= 4 is 28.9 Å². The van der Waals surface area contributed by atoms with E-state index in [4.69, 9.17) is 28.9 Å². The first-order chi connectivity index (χ1) is 10.1. The average molecular weight is 320 g/mol. The second-order valence-electron chi connectivity index (χ2n) is 4.56. The van der Waals surface area contributed by atoms with Crippen molar-refractivity contribution in [3.63, 3.8) is 0 Å². The van der Waals surface area contributed by atoms with E-state index in [0.717, 1.165) is 11.3 Å². The average Bonchev–Trinajstić information content (AvgIpc) is 2.87. The molecule has 0 unspecified atom stereocenters. The summed E-state index contributed by atoms with van der Waals surface area (Å²) in [5.74, 6) is 0.510. The summed E-state index contributed by atoms with van der Waals surface area (Å²) >= 11 is 12.5. The molecule has 3 aromatic rings. The molecule has 2 N–H and O–H groups in total. The van der Waals surface area contributed by atoms with E-state index in [0.29, 0.717) is 27.1 Å². The van der Waals surface area contributed by atoms with Gasteiger partial charge in [-0.1, -0.05) is 35.3 Å². The van der Waals surface area contributed by atoms with E-state index in [2.05, 4.69) is 15.5 Å². The molecule has 1 heterocycles. The molecule has 0 radical (unpaired) electrons. The molecule has 0 fully saturated rings. The van der Waals surface area contributed by atoms with Crippen LogP contribution < -0.4 is 5.73 Å². The van der Waals surface area contributed by atoms with Crippen LogP contribution in [0.4, 0.5) is 5.69 Å². The Balaban J connectivity index is 2.22. The van der Waals surface area contributed by atoms with Crippen LogP contribution in [0.3, 0.4) is 0 Å². The van der Waals surface area contributed by atoms with Crippen molar-refractivity contribution in [3.05, 3.63) is 52.0 Å². The van der Waals surface area contributed by atoms with Crippen LogP contribution in [0.5, 0.6) is 0 Å². The van der Waals surface area contributed by atoms with Gasteiger partial charge in [-0.3, -0.25) is 0 Å². The highest BCUT2D eigenvalue weighted by molar-refractivity contribution is 6.33. The van der Waals surface area contributed by atoms with Crippen LogP contribution in [0.2, 0.25) is 10.0 Å². The Morgan fingerprint density at radius 1 is 1.10 bits per heavy atom. The Kier molecular flexibility index (Phi) is 3.53. The van der Waals surface area contributed by atoms with Crippen LogP contribution >= 0.6 is 23.2 Å². The molecule has 0 spiro atoms. The number of nitrogens with zero attached hydrogens (tertiary/aromatic N) is 4. The van der Waals surface area contributed by atoms with Crippen molar-refractivity contribution in [2.24, 2.45) is 0 Å². The molecule has 7 heteroatoms. The monoisotopic (exact) mass is 319 g/mol. The molecule has 0 saturated carbocycles. The van der Waals surface area contributed by atoms with Gasteiger partial charge < -0.3 is 5.73 Å². The van der Waals surface area contributed by atoms with E-state index in [1.807, 2.05) is 19.1 Å². The minimum Gasteiger partial charge on any atom is -0.399 e. The molecule has 5 nitrogen and oxygen atoms in total. The van der Waals surface area contributed by atoms with Gasteiger partial charge in [0, 0.05) is 11.3 Å². The fourth-order valence-corrected chi connectivity index (χ4v) is 2.69. The topological polar surface area (TPSA) is 69.6 Å². The fourth-order valence-electron chi connectivity index (χ4n) is 2.11. The summed E-state index contributed by atoms with van der Waals surface area (Å²) in [5, 5.41) is 12.9. The van der Waals surface area contributed by atoms with Gasteiger partial charge in [-0.25, -0.2) is 0 Å². The number of halogens is 2. The van der Waals surface area contributed by atoms with Gasteiger partial charge >= 0.3 is 0 Å². The van der Waals surface area contributed by atoms with Gasteiger partial charge in [-0.05, 0) is 47.2 Å². The van der Waals surface area contributed by atoms with Crippen LogP contribution in [0, 0.1) is 6.92 Å². The molecule has 0 aliphatic carbocycles. The molecular weight excluding hydrogens is 309 g/mol. The number of nitrogen functional groups attached to an aromatic ring is 1. The maximum atomic E-state index is 6.28. The fraction of sp³-hybridized carbons (Fsp3) is 0.0714. The number of anilines is 1. The van der Waals surface area contributed by atoms with Crippen molar-refractivity contribution in [1.29, 1.82) is 0 Å². The summed E-state index contributed by atoms with van der Waals surface area (Å²) < 4.78 is 1.58. The predicted octanol–water partition coefficient (Wildman–Crippen LogP) is 3.53. The maximum absolute atomic E-state index is 6.28. The second-order valence-corrected chi connectivity index (χ2v) is 5.37. The van der Waals surface area contributed by atoms with Gasteiger partial charge in [0.05, 0.1) is 15.7 Å². The highest BCUT2D eigenvalue weighted by Gasteiger charge is 2.17. The van der Waals surface area contributed by atoms with E-state index in [1.165, 1.54) is 0 Å². The van der Waals surface area contributed by atoms with Crippen molar-refractivity contribution in [1.82, 2.24) is 20.2 Å². The normalized spacial score (nSPS) is 10.8. The standard InChI is InChI=1S/C14H11Cl2N5/c1-8-3-2-4-11(15)13(8)21-14(18-19-20-21)10-6-5-9(17)7-12(10)16/h2-7H,17H2,1H3. The SMILES string of the molecule is Cc1cccc(Cl)c1-n1nnnc1-c1ccc(N)cc1Cl. The van der Waals surface area contributed by atoms with Gasteiger partial charge in [0.2, 0.25) is 0 Å². The molecule has 0 bridgehead atoms. The molecule has 1 aromatic heterocycles. The number of aromatic nitrogens is 4. The van der Waals surface area contributed by atoms with Gasteiger partial charge in [-0.15, -0.1) is 5.10 Å². The zero-order chi connectivity index (χ0) is 15.0. The van der Waals surface area contributed by atoms with E-state index < -0.39 is 0 Å². The Morgan fingerprint density at radius 3 is 2.62 bits per heavy atom. The third-order valence-corrected chi connectivity index (χ3v) is 3.72. The van der Waals surface area contributed by atoms with Crippen molar-refractivity contribution in [3.8, 4) is 17.1 Å². The highest BCUT2D eigenvalue weighted by Crippen LogP contribution is 2.31. The molecule has 0 aliphatic heterocycles. The van der Waals surface area contributed by atoms with Crippen LogP contribution in [-0.4, -0.2) is 20.2 Å². The number of para-hydroxylation sites is 1. The second kappa shape index (κ2) is 5.35. The highest BCUT2D eigenvalue weighted by atomic mass is 35.5. The lowest BCUT2D eigenvalue weighted by molar-refractivity contribution is 0.787. The lowest BCUT2D eigenvalue weighted by atomic mass is 10.1. The summed E-state index contributed by atoms with van der Waals surface area (Å²) in [5.41, 5.74) is 8.67. The first-order valence-electron chi connectivity index (χ1n) is 6.17. The summed E-state index contributed by atoms with van der Waals surface area (Å²) in [6.07, 6.45) is 0. The third-order valence-electron chi connectivity index (χ3n) is 3.10. The van der Waals surface area contributed by atoms with E-state index in [9.17, 15) is 0 Å². The van der Waals surface area contributed by atoms with Gasteiger partial charge in [0.15, 0.2) is 5.82 Å². The van der Waals surface area contributed by atoms with Gasteiger partial charge in [0.25, 0.3) is 0 Å². The van der Waals surface area contributed by atoms with Crippen molar-refractivity contribution in [2.75, 3.05) is 5.73 Å². The molecule has 21 heavy (non-hydrogen) atoms. The zero-order valence-corrected chi connectivity index (χ0v) is 12.6. The number of nitrogens with two attached hydrogens (primary N) is 1. The molecule has 0 aliphatic rings. The lowest BCUT2D eigenvalue weighted by Gasteiger charge is -2.10. The number of benzene rings is 2. The van der Waals surface area contributed by atoms with Crippen molar-refractivity contribution < 1.29 is 0 Å². The summed E-state index contributed by atoms with van der Waals surface area (Å²) in [6.45, 7) is 1.94. The largest absolute Gasteiger partial charge is 0.399 e. The van der Waals surface area contributed by atoms with Gasteiger partial charge in [-0.2, -0.15) is 4.68 Å². The van der Waals surface area contributed by atoms with Crippen LogP contribution in [0.15, 0.2) is 36.4 Å². The van der Waals surface area contributed by atoms with Crippen LogP contribution in [0.1, 0.15) is 5.56 Å². The number of rotatable bonds is 2. The molecule has 2 aromatic carbocycles. The third kappa shape index (κ3) is 2.46. The number of aryl methyl sites for hydroxylation is 1. The first-order valence-corrected chi connectivity index (χ1v) is 6.93. The van der Waals surface area contributed by atoms with Crippen LogP contribution in [-0.2, 0) is 0 Å². The lowest BCUT2D eigenvalue weighted by Crippen LogP contribution is -2.03. The molecule has 106 valence electrons. The molecule has 3 rings (SSSR count). The van der Waals surface area contributed by atoms with Crippen LogP contribution in [0.25, 0.3) is 17.1 Å². The number of tetrazole rings is 1. The Bertz CT molecular complexity index is 793. The van der Waals surface area contributed by atoms with Gasteiger partial charge in [0.1, 0.15) is 0 Å². The Morgan fingerprint density at radius 2 is 1.90 bits per heavy atom. The zero-order valence-electron chi connectivity index (χ0n) is 11.1. The smallest absolute Gasteiger partial charge is 0.188 e. The predicted molar refractivity (Wildman–Crippen MR) is 83.8 cm³/mol. The summed E-state index contributed by atoms with van der Waals surface area (Å²) in [7, 11) is 0. The molecule has 0 atom stereocenters. The first kappa shape index (κ1) is 13.9. The minimum atomic E-state index is 0.482. The number of hydrogen-bond donors (Lipinski definition) is 1. The molecule has 0 saturated heterocycles. The minimum absolute atomic E-state index is 0.482. The summed E-state index contributed by atoms with van der Waals surface area (Å²) in [4.78, 5) is 0. The maximum Gasteiger partial charge on any atom is 0.188 e. The quantitative estimate of drug-likeness (QED) is 0.733. The summed E-state index contributed by atoms with van der Waals surface area (Å²) in [6, 6.07) is 10.8. The number of hydrogen-bond acceptors (Lipinski definition) is 4. The van der Waals surface area contributed by atoms with E-state index >= 15 is 0 Å². The van der Waals surface area contributed by atoms with E-state index in [1.54, 1.807) is 28.9 Å². The van der Waals surface area contributed by atoms with Crippen molar-refractivity contribution in [2.45, 2.75) is 6.92 Å².